The molecule has 0 saturated carbocycles. The molecule has 1 atom stereocenters. The van der Waals surface area contributed by atoms with Gasteiger partial charge in [0.05, 0.1) is 6.04 Å². The molecule has 0 bridgehead atoms. The van der Waals surface area contributed by atoms with Crippen molar-refractivity contribution in [2.45, 2.75) is 19.5 Å². The number of halogens is 2. The number of fused-ring (bicyclic) bond motifs is 1. The summed E-state index contributed by atoms with van der Waals surface area (Å²) in [5.41, 5.74) is 0.885. The third kappa shape index (κ3) is 2.48. The highest BCUT2D eigenvalue weighted by atomic mass is 35.5. The van der Waals surface area contributed by atoms with Gasteiger partial charge in [-0.05, 0) is 19.1 Å². The lowest BCUT2D eigenvalue weighted by Crippen LogP contribution is -2.32. The number of rotatable bonds is 1. The van der Waals surface area contributed by atoms with Crippen molar-refractivity contribution < 1.29 is 0 Å². The number of pyridine rings is 1. The van der Waals surface area contributed by atoms with Gasteiger partial charge in [-0.2, -0.15) is 0 Å². The maximum absolute atomic E-state index is 4.31. The van der Waals surface area contributed by atoms with Crippen LogP contribution in [0, 0.1) is 0 Å². The molecule has 5 nitrogen and oxygen atoms in total. The standard InChI is InChI=1S/C11H13N5.2ClH/c1-8-10-14-15-11(16(10)7-6-12-8)9-4-2-3-5-13-9;;/h2-5,8,12H,6-7H2,1H3;2*1H. The summed E-state index contributed by atoms with van der Waals surface area (Å²) in [6, 6.07) is 6.10. The van der Waals surface area contributed by atoms with Gasteiger partial charge < -0.3 is 9.88 Å². The minimum absolute atomic E-state index is 0. The molecule has 0 radical (unpaired) electrons. The topological polar surface area (TPSA) is 55.6 Å². The van der Waals surface area contributed by atoms with Gasteiger partial charge in [0.1, 0.15) is 11.5 Å². The zero-order valence-electron chi connectivity index (χ0n) is 9.91. The molecule has 1 aliphatic rings. The van der Waals surface area contributed by atoms with Crippen LogP contribution in [-0.4, -0.2) is 26.3 Å². The van der Waals surface area contributed by atoms with E-state index in [9.17, 15) is 0 Å². The van der Waals surface area contributed by atoms with Crippen molar-refractivity contribution in [3.05, 3.63) is 30.2 Å². The van der Waals surface area contributed by atoms with Crippen LogP contribution >= 0.6 is 24.8 Å². The zero-order chi connectivity index (χ0) is 11.0. The molecule has 7 heteroatoms. The highest BCUT2D eigenvalue weighted by Gasteiger charge is 2.22. The molecule has 1 aliphatic heterocycles. The van der Waals surface area contributed by atoms with E-state index in [2.05, 4.69) is 32.0 Å². The third-order valence-electron chi connectivity index (χ3n) is 2.85. The Hall–Kier alpha value is -1.17. The first kappa shape index (κ1) is 14.9. The van der Waals surface area contributed by atoms with E-state index in [0.717, 1.165) is 30.4 Å². The summed E-state index contributed by atoms with van der Waals surface area (Å²) in [6.07, 6.45) is 1.78. The predicted octanol–water partition coefficient (Wildman–Crippen LogP) is 1.85. The van der Waals surface area contributed by atoms with E-state index < -0.39 is 0 Å². The molecule has 2 aromatic heterocycles. The molecule has 0 aliphatic carbocycles. The monoisotopic (exact) mass is 287 g/mol. The molecular weight excluding hydrogens is 273 g/mol. The fraction of sp³-hybridized carbons (Fsp3) is 0.364. The highest BCUT2D eigenvalue weighted by Crippen LogP contribution is 2.21. The summed E-state index contributed by atoms with van der Waals surface area (Å²) in [6.45, 7) is 3.95. The minimum atomic E-state index is 0. The Labute approximate surface area is 118 Å². The number of aromatic nitrogens is 4. The van der Waals surface area contributed by atoms with E-state index in [1.54, 1.807) is 6.20 Å². The van der Waals surface area contributed by atoms with E-state index in [1.807, 2.05) is 18.2 Å². The molecule has 1 N–H and O–H groups in total. The van der Waals surface area contributed by atoms with Crippen molar-refractivity contribution in [2.75, 3.05) is 6.54 Å². The van der Waals surface area contributed by atoms with Gasteiger partial charge in [0, 0.05) is 19.3 Å². The van der Waals surface area contributed by atoms with Crippen LogP contribution in [0.5, 0.6) is 0 Å². The largest absolute Gasteiger partial charge is 0.307 e. The smallest absolute Gasteiger partial charge is 0.182 e. The summed E-state index contributed by atoms with van der Waals surface area (Å²) in [4.78, 5) is 4.31. The van der Waals surface area contributed by atoms with E-state index in [1.165, 1.54) is 0 Å². The maximum Gasteiger partial charge on any atom is 0.182 e. The van der Waals surface area contributed by atoms with Crippen LogP contribution in [0.1, 0.15) is 18.8 Å². The van der Waals surface area contributed by atoms with E-state index in [0.29, 0.717) is 0 Å². The van der Waals surface area contributed by atoms with E-state index >= 15 is 0 Å². The van der Waals surface area contributed by atoms with Gasteiger partial charge in [0.15, 0.2) is 5.82 Å². The lowest BCUT2D eigenvalue weighted by Gasteiger charge is -2.21. The minimum Gasteiger partial charge on any atom is -0.307 e. The van der Waals surface area contributed by atoms with E-state index in [4.69, 9.17) is 0 Å². The first-order valence-electron chi connectivity index (χ1n) is 5.44. The van der Waals surface area contributed by atoms with Crippen molar-refractivity contribution in [1.29, 1.82) is 0 Å². The van der Waals surface area contributed by atoms with E-state index in [-0.39, 0.29) is 30.9 Å². The molecule has 0 amide bonds. The number of hydrogen-bond acceptors (Lipinski definition) is 4. The van der Waals surface area contributed by atoms with Crippen LogP contribution in [0.4, 0.5) is 0 Å². The first-order valence-corrected chi connectivity index (χ1v) is 5.44. The Kier molecular flexibility index (Phi) is 5.07. The summed E-state index contributed by atoms with van der Waals surface area (Å²) in [7, 11) is 0. The summed E-state index contributed by atoms with van der Waals surface area (Å²) in [5, 5.41) is 11.8. The number of nitrogens with zero attached hydrogens (tertiary/aromatic N) is 4. The quantitative estimate of drug-likeness (QED) is 0.870. The maximum atomic E-state index is 4.31. The van der Waals surface area contributed by atoms with Gasteiger partial charge in [0.2, 0.25) is 0 Å². The molecule has 2 aromatic rings. The molecule has 0 aromatic carbocycles. The van der Waals surface area contributed by atoms with Crippen LogP contribution in [0.2, 0.25) is 0 Å². The first-order chi connectivity index (χ1) is 7.86. The summed E-state index contributed by atoms with van der Waals surface area (Å²) < 4.78 is 2.14. The molecule has 0 spiro atoms. The molecule has 3 heterocycles. The van der Waals surface area contributed by atoms with Gasteiger partial charge in [0.25, 0.3) is 0 Å². The molecule has 0 saturated heterocycles. The summed E-state index contributed by atoms with van der Waals surface area (Å²) >= 11 is 0. The summed E-state index contributed by atoms with van der Waals surface area (Å²) in [5.74, 6) is 1.86. The van der Waals surface area contributed by atoms with Crippen LogP contribution in [0.15, 0.2) is 24.4 Å². The molecule has 98 valence electrons. The number of hydrogen-bond donors (Lipinski definition) is 1. The number of nitrogens with one attached hydrogen (secondary N) is 1. The van der Waals surface area contributed by atoms with Crippen LogP contribution < -0.4 is 5.32 Å². The Morgan fingerprint density at radius 1 is 1.28 bits per heavy atom. The Morgan fingerprint density at radius 3 is 2.83 bits per heavy atom. The SMILES string of the molecule is CC1NCCn2c(-c3ccccn3)nnc21.Cl.Cl. The third-order valence-corrected chi connectivity index (χ3v) is 2.85. The normalized spacial score (nSPS) is 17.3. The van der Waals surface area contributed by atoms with Crippen LogP contribution in [-0.2, 0) is 6.54 Å². The van der Waals surface area contributed by atoms with Gasteiger partial charge in [-0.1, -0.05) is 6.07 Å². The Balaban J connectivity index is 0.000000810. The fourth-order valence-corrected chi connectivity index (χ4v) is 2.02. The fourth-order valence-electron chi connectivity index (χ4n) is 2.02. The van der Waals surface area contributed by atoms with Crippen LogP contribution in [0.25, 0.3) is 11.5 Å². The lowest BCUT2D eigenvalue weighted by atomic mass is 10.2. The second kappa shape index (κ2) is 6.13. The van der Waals surface area contributed by atoms with Crippen molar-refractivity contribution in [3.63, 3.8) is 0 Å². The van der Waals surface area contributed by atoms with Crippen molar-refractivity contribution >= 4 is 24.8 Å². The van der Waals surface area contributed by atoms with Crippen molar-refractivity contribution in [2.24, 2.45) is 0 Å². The molecule has 18 heavy (non-hydrogen) atoms. The zero-order valence-corrected chi connectivity index (χ0v) is 11.5. The Bertz CT molecular complexity index is 499. The predicted molar refractivity (Wildman–Crippen MR) is 74.2 cm³/mol. The van der Waals surface area contributed by atoms with Gasteiger partial charge >= 0.3 is 0 Å². The van der Waals surface area contributed by atoms with Crippen molar-refractivity contribution in [3.8, 4) is 11.5 Å². The highest BCUT2D eigenvalue weighted by molar-refractivity contribution is 5.85. The van der Waals surface area contributed by atoms with Gasteiger partial charge in [-0.15, -0.1) is 35.0 Å². The second-order valence-electron chi connectivity index (χ2n) is 3.92. The average molecular weight is 288 g/mol. The molecule has 0 fully saturated rings. The second-order valence-corrected chi connectivity index (χ2v) is 3.92. The average Bonchev–Trinajstić information content (AvgIpc) is 2.75. The molecule has 1 unspecified atom stereocenters. The van der Waals surface area contributed by atoms with Crippen LogP contribution in [0.3, 0.4) is 0 Å². The van der Waals surface area contributed by atoms with Gasteiger partial charge in [-0.3, -0.25) is 4.98 Å². The Morgan fingerprint density at radius 2 is 2.11 bits per heavy atom. The lowest BCUT2D eigenvalue weighted by molar-refractivity contribution is 0.438. The molecular formula is C11H15Cl2N5. The van der Waals surface area contributed by atoms with Gasteiger partial charge in [-0.25, -0.2) is 0 Å². The molecule has 3 rings (SSSR count). The van der Waals surface area contributed by atoms with Crippen molar-refractivity contribution in [1.82, 2.24) is 25.1 Å².